The SMILES string of the molecule is CCCC1C[NH+]([O-])CN1. The summed E-state index contributed by atoms with van der Waals surface area (Å²) in [7, 11) is 0. The third kappa shape index (κ3) is 1.93. The highest BCUT2D eigenvalue weighted by Gasteiger charge is 2.17. The Kier molecular flexibility index (Phi) is 2.45. The van der Waals surface area contributed by atoms with Crippen LogP contribution >= 0.6 is 0 Å². The molecule has 0 aromatic rings. The van der Waals surface area contributed by atoms with Crippen molar-refractivity contribution in [1.29, 1.82) is 0 Å². The smallest absolute Gasteiger partial charge is 0.131 e. The minimum Gasteiger partial charge on any atom is -0.633 e. The van der Waals surface area contributed by atoms with E-state index in [1.54, 1.807) is 0 Å². The van der Waals surface area contributed by atoms with Crippen LogP contribution in [0.1, 0.15) is 19.8 Å². The van der Waals surface area contributed by atoms with Crippen LogP contribution in [0.3, 0.4) is 0 Å². The van der Waals surface area contributed by atoms with Crippen molar-refractivity contribution in [1.82, 2.24) is 5.32 Å². The molecule has 9 heavy (non-hydrogen) atoms. The zero-order chi connectivity index (χ0) is 6.69. The second-order valence-corrected chi connectivity index (χ2v) is 2.61. The van der Waals surface area contributed by atoms with E-state index in [0.29, 0.717) is 17.8 Å². The molecule has 0 spiro atoms. The van der Waals surface area contributed by atoms with Crippen LogP contribution in [0.5, 0.6) is 0 Å². The summed E-state index contributed by atoms with van der Waals surface area (Å²) in [6.45, 7) is 3.50. The van der Waals surface area contributed by atoms with Crippen LogP contribution < -0.4 is 10.4 Å². The summed E-state index contributed by atoms with van der Waals surface area (Å²) >= 11 is 0. The molecular formula is C6H14N2O. The summed E-state index contributed by atoms with van der Waals surface area (Å²) in [5.41, 5.74) is 0. The Morgan fingerprint density at radius 1 is 1.78 bits per heavy atom. The van der Waals surface area contributed by atoms with E-state index >= 15 is 0 Å². The first-order chi connectivity index (χ1) is 4.33. The van der Waals surface area contributed by atoms with Gasteiger partial charge in [-0.2, -0.15) is 0 Å². The first-order valence-corrected chi connectivity index (χ1v) is 3.58. The second-order valence-electron chi connectivity index (χ2n) is 2.61. The predicted molar refractivity (Wildman–Crippen MR) is 35.9 cm³/mol. The van der Waals surface area contributed by atoms with Crippen LogP contribution in [0, 0.1) is 5.21 Å². The molecule has 0 aliphatic carbocycles. The van der Waals surface area contributed by atoms with Gasteiger partial charge in [0.1, 0.15) is 6.67 Å². The van der Waals surface area contributed by atoms with Gasteiger partial charge >= 0.3 is 0 Å². The number of hydrogen-bond acceptors (Lipinski definition) is 2. The molecule has 3 nitrogen and oxygen atoms in total. The summed E-state index contributed by atoms with van der Waals surface area (Å²) in [4.78, 5) is 0. The molecule has 1 aliphatic rings. The lowest BCUT2D eigenvalue weighted by Crippen LogP contribution is -3.05. The van der Waals surface area contributed by atoms with E-state index in [4.69, 9.17) is 0 Å². The minimum absolute atomic E-state index is 0.369. The molecule has 1 aliphatic heterocycles. The molecule has 0 amide bonds. The van der Waals surface area contributed by atoms with E-state index in [9.17, 15) is 5.21 Å². The summed E-state index contributed by atoms with van der Waals surface area (Å²) in [6.07, 6.45) is 2.32. The van der Waals surface area contributed by atoms with Gasteiger partial charge in [0.25, 0.3) is 0 Å². The Morgan fingerprint density at radius 3 is 3.00 bits per heavy atom. The number of quaternary nitrogens is 1. The molecule has 0 aromatic heterocycles. The molecule has 1 fully saturated rings. The van der Waals surface area contributed by atoms with Crippen LogP contribution in [0.2, 0.25) is 0 Å². The lowest BCUT2D eigenvalue weighted by molar-refractivity contribution is -0.835. The lowest BCUT2D eigenvalue weighted by atomic mass is 10.2. The standard InChI is InChI=1S/C6H14N2O/c1-2-3-6-4-8(9)5-7-6/h6-8H,2-5H2,1H3. The highest BCUT2D eigenvalue weighted by atomic mass is 16.5. The quantitative estimate of drug-likeness (QED) is 0.475. The fraction of sp³-hybridized carbons (Fsp3) is 1.00. The molecule has 2 N–H and O–H groups in total. The normalized spacial score (nSPS) is 35.3. The van der Waals surface area contributed by atoms with Crippen LogP contribution in [-0.4, -0.2) is 19.3 Å². The summed E-state index contributed by atoms with van der Waals surface area (Å²) in [5, 5.41) is 14.2. The first kappa shape index (κ1) is 6.99. The summed E-state index contributed by atoms with van der Waals surface area (Å²) in [5.74, 6) is 0. The first-order valence-electron chi connectivity index (χ1n) is 3.58. The van der Waals surface area contributed by atoms with Gasteiger partial charge in [-0.3, -0.25) is 5.32 Å². The highest BCUT2D eigenvalue weighted by molar-refractivity contribution is 4.66. The molecule has 3 heteroatoms. The number of rotatable bonds is 2. The second kappa shape index (κ2) is 3.15. The van der Waals surface area contributed by atoms with Crippen LogP contribution in [-0.2, 0) is 0 Å². The fourth-order valence-corrected chi connectivity index (χ4v) is 1.23. The molecule has 1 saturated heterocycles. The van der Waals surface area contributed by atoms with E-state index in [0.717, 1.165) is 13.0 Å². The van der Waals surface area contributed by atoms with Gasteiger partial charge < -0.3 is 10.3 Å². The largest absolute Gasteiger partial charge is 0.633 e. The maximum atomic E-state index is 10.7. The summed E-state index contributed by atoms with van der Waals surface area (Å²) < 4.78 is 0. The molecule has 0 radical (unpaired) electrons. The molecule has 54 valence electrons. The average Bonchev–Trinajstić information content (AvgIpc) is 2.17. The Morgan fingerprint density at radius 2 is 2.56 bits per heavy atom. The molecule has 1 rings (SSSR count). The number of nitrogens with one attached hydrogen (secondary N) is 2. The number of hydroxylamine groups is 2. The molecular weight excluding hydrogens is 116 g/mol. The molecule has 0 bridgehead atoms. The maximum Gasteiger partial charge on any atom is 0.131 e. The zero-order valence-corrected chi connectivity index (χ0v) is 5.81. The van der Waals surface area contributed by atoms with Crippen molar-refractivity contribution in [2.45, 2.75) is 25.8 Å². The van der Waals surface area contributed by atoms with E-state index in [-0.39, 0.29) is 0 Å². The van der Waals surface area contributed by atoms with E-state index in [2.05, 4.69) is 12.2 Å². The van der Waals surface area contributed by atoms with Crippen LogP contribution in [0.25, 0.3) is 0 Å². The van der Waals surface area contributed by atoms with Crippen molar-refractivity contribution in [3.8, 4) is 0 Å². The van der Waals surface area contributed by atoms with Crippen molar-refractivity contribution in [2.24, 2.45) is 0 Å². The van der Waals surface area contributed by atoms with Gasteiger partial charge in [-0.1, -0.05) is 13.3 Å². The Bertz CT molecular complexity index is 85.1. The van der Waals surface area contributed by atoms with Gasteiger partial charge in [-0.15, -0.1) is 0 Å². The van der Waals surface area contributed by atoms with Crippen LogP contribution in [0.4, 0.5) is 0 Å². The van der Waals surface area contributed by atoms with Crippen molar-refractivity contribution in [2.75, 3.05) is 13.2 Å². The fourth-order valence-electron chi connectivity index (χ4n) is 1.23. The Balaban J connectivity index is 2.14. The third-order valence-corrected chi connectivity index (χ3v) is 1.70. The van der Waals surface area contributed by atoms with Gasteiger partial charge in [0, 0.05) is 0 Å². The third-order valence-electron chi connectivity index (χ3n) is 1.70. The van der Waals surface area contributed by atoms with Gasteiger partial charge in [-0.25, -0.2) is 0 Å². The van der Waals surface area contributed by atoms with Crippen molar-refractivity contribution < 1.29 is 5.06 Å². The van der Waals surface area contributed by atoms with E-state index in [1.807, 2.05) is 0 Å². The lowest BCUT2D eigenvalue weighted by Gasteiger charge is -2.12. The van der Waals surface area contributed by atoms with Crippen molar-refractivity contribution >= 4 is 0 Å². The van der Waals surface area contributed by atoms with Gasteiger partial charge in [0.05, 0.1) is 12.6 Å². The highest BCUT2D eigenvalue weighted by Crippen LogP contribution is 1.94. The van der Waals surface area contributed by atoms with Crippen molar-refractivity contribution in [3.63, 3.8) is 0 Å². The Labute approximate surface area is 55.6 Å². The molecule has 0 aromatic carbocycles. The average molecular weight is 130 g/mol. The summed E-state index contributed by atoms with van der Waals surface area (Å²) in [6, 6.07) is 0.488. The minimum atomic E-state index is 0.369. The maximum absolute atomic E-state index is 10.7. The topological polar surface area (TPSA) is 39.5 Å². The molecule has 1 heterocycles. The van der Waals surface area contributed by atoms with Crippen molar-refractivity contribution in [3.05, 3.63) is 5.21 Å². The Hall–Kier alpha value is -0.120. The van der Waals surface area contributed by atoms with Gasteiger partial charge in [0.15, 0.2) is 0 Å². The van der Waals surface area contributed by atoms with E-state index in [1.165, 1.54) is 6.42 Å². The van der Waals surface area contributed by atoms with E-state index < -0.39 is 0 Å². The predicted octanol–water partition coefficient (Wildman–Crippen LogP) is -0.901. The number of hydrogen-bond donors (Lipinski definition) is 2. The molecule has 2 unspecified atom stereocenters. The molecule has 2 atom stereocenters. The monoisotopic (exact) mass is 130 g/mol. The van der Waals surface area contributed by atoms with Crippen LogP contribution in [0.15, 0.2) is 0 Å². The zero-order valence-electron chi connectivity index (χ0n) is 5.81. The molecule has 0 saturated carbocycles. The van der Waals surface area contributed by atoms with Gasteiger partial charge in [-0.05, 0) is 6.42 Å². The van der Waals surface area contributed by atoms with Gasteiger partial charge in [0.2, 0.25) is 0 Å².